The minimum atomic E-state index is -0.601. The molecule has 13 nitrogen and oxygen atoms in total. The molecule has 13 heteroatoms. The van der Waals surface area contributed by atoms with Crippen LogP contribution in [0, 0.1) is 0 Å². The summed E-state index contributed by atoms with van der Waals surface area (Å²) in [6.07, 6.45) is 2.99. The number of hydrogen-bond donors (Lipinski definition) is 3. The van der Waals surface area contributed by atoms with Crippen molar-refractivity contribution >= 4 is 24.0 Å². The lowest BCUT2D eigenvalue weighted by molar-refractivity contribution is 0.0473. The van der Waals surface area contributed by atoms with Gasteiger partial charge in [-0.3, -0.25) is 14.8 Å². The van der Waals surface area contributed by atoms with Gasteiger partial charge in [0.15, 0.2) is 0 Å². The first-order chi connectivity index (χ1) is 20.6. The van der Waals surface area contributed by atoms with Crippen molar-refractivity contribution in [1.29, 1.82) is 0 Å². The van der Waals surface area contributed by atoms with Gasteiger partial charge in [-0.15, -0.1) is 0 Å². The number of carbonyl (C=O) groups excluding carboxylic acids is 3. The molecule has 2 aromatic rings. The Morgan fingerprint density at radius 1 is 0.841 bits per heavy atom. The topological polar surface area (TPSA) is 147 Å². The zero-order valence-electron chi connectivity index (χ0n) is 26.5. The quantitative estimate of drug-likeness (QED) is 0.446. The van der Waals surface area contributed by atoms with E-state index in [1.165, 1.54) is 4.57 Å². The van der Waals surface area contributed by atoms with E-state index < -0.39 is 29.0 Å². The zero-order valence-corrected chi connectivity index (χ0v) is 26.5. The van der Waals surface area contributed by atoms with Crippen molar-refractivity contribution in [3.05, 3.63) is 52.6 Å². The van der Waals surface area contributed by atoms with E-state index in [9.17, 15) is 19.2 Å². The predicted octanol–water partition coefficient (Wildman–Crippen LogP) is 3.85. The number of carbonyl (C=O) groups is 3. The minimum Gasteiger partial charge on any atom is -0.444 e. The van der Waals surface area contributed by atoms with E-state index in [0.29, 0.717) is 25.2 Å². The molecule has 240 valence electrons. The number of ether oxygens (including phenoxy) is 2. The van der Waals surface area contributed by atoms with Crippen LogP contribution >= 0.6 is 0 Å². The van der Waals surface area contributed by atoms with Gasteiger partial charge in [0.05, 0.1) is 11.7 Å². The van der Waals surface area contributed by atoms with Crippen LogP contribution in [0.1, 0.15) is 66.4 Å². The minimum absolute atomic E-state index is 0.101. The molecule has 4 rings (SSSR count). The average Bonchev–Trinajstić information content (AvgIpc) is 3.37. The first-order valence-electron chi connectivity index (χ1n) is 15.1. The fourth-order valence-electron chi connectivity index (χ4n) is 5.12. The zero-order chi connectivity index (χ0) is 32.1. The van der Waals surface area contributed by atoms with E-state index in [1.54, 1.807) is 37.9 Å². The van der Waals surface area contributed by atoms with Gasteiger partial charge in [-0.2, -0.15) is 4.98 Å². The van der Waals surface area contributed by atoms with E-state index in [2.05, 4.69) is 25.8 Å². The van der Waals surface area contributed by atoms with Gasteiger partial charge in [-0.1, -0.05) is 12.1 Å². The molecular formula is C31H45N7O6. The molecule has 4 amide bonds. The smallest absolute Gasteiger partial charge is 0.407 e. The summed E-state index contributed by atoms with van der Waals surface area (Å²) in [5.74, 6) is 0.154. The third-order valence-electron chi connectivity index (χ3n) is 7.16. The van der Waals surface area contributed by atoms with Crippen molar-refractivity contribution in [2.45, 2.75) is 90.6 Å². The second kappa shape index (κ2) is 13.7. The fraction of sp³-hybridized carbons (Fsp3) is 0.581. The molecule has 0 aliphatic carbocycles. The van der Waals surface area contributed by atoms with Gasteiger partial charge in [0.25, 0.3) is 0 Å². The highest BCUT2D eigenvalue weighted by Gasteiger charge is 2.29. The van der Waals surface area contributed by atoms with Gasteiger partial charge in [-0.25, -0.2) is 19.2 Å². The van der Waals surface area contributed by atoms with Crippen LogP contribution in [0.15, 0.2) is 41.3 Å². The number of hydrogen-bond acceptors (Lipinski definition) is 8. The van der Waals surface area contributed by atoms with E-state index in [4.69, 9.17) is 9.47 Å². The van der Waals surface area contributed by atoms with E-state index in [0.717, 1.165) is 38.0 Å². The highest BCUT2D eigenvalue weighted by atomic mass is 16.6. The van der Waals surface area contributed by atoms with Crippen molar-refractivity contribution in [3.63, 3.8) is 0 Å². The molecule has 0 unspecified atom stereocenters. The number of amides is 4. The van der Waals surface area contributed by atoms with Crippen LogP contribution < -0.4 is 21.6 Å². The summed E-state index contributed by atoms with van der Waals surface area (Å²) in [6.45, 7) is 14.2. The Kier molecular flexibility index (Phi) is 10.2. The highest BCUT2D eigenvalue weighted by molar-refractivity contribution is 5.88. The first kappa shape index (κ1) is 32.8. The maximum atomic E-state index is 12.8. The van der Waals surface area contributed by atoms with Gasteiger partial charge >= 0.3 is 23.9 Å². The summed E-state index contributed by atoms with van der Waals surface area (Å²) in [6, 6.07) is 8.78. The molecule has 2 aliphatic heterocycles. The number of rotatable bonds is 6. The summed E-state index contributed by atoms with van der Waals surface area (Å²) in [7, 11) is 0. The normalized spacial score (nSPS) is 18.0. The first-order valence-corrected chi connectivity index (χ1v) is 15.1. The number of urea groups is 1. The molecule has 0 radical (unpaired) electrons. The second-order valence-corrected chi connectivity index (χ2v) is 13.3. The van der Waals surface area contributed by atoms with Crippen LogP contribution in [0.2, 0.25) is 0 Å². The van der Waals surface area contributed by atoms with Crippen LogP contribution in [-0.4, -0.2) is 87.0 Å². The van der Waals surface area contributed by atoms with E-state index in [-0.39, 0.29) is 24.0 Å². The Labute approximate surface area is 258 Å². The Morgan fingerprint density at radius 2 is 1.41 bits per heavy atom. The Hall–Kier alpha value is -4.13. The van der Waals surface area contributed by atoms with Crippen molar-refractivity contribution in [2.24, 2.45) is 0 Å². The van der Waals surface area contributed by atoms with Crippen molar-refractivity contribution in [1.82, 2.24) is 30.0 Å². The number of nitrogens with one attached hydrogen (secondary N) is 3. The summed E-state index contributed by atoms with van der Waals surface area (Å²) in [4.78, 5) is 57.6. The van der Waals surface area contributed by atoms with Gasteiger partial charge in [-0.05, 0) is 84.6 Å². The second-order valence-electron chi connectivity index (χ2n) is 13.3. The van der Waals surface area contributed by atoms with Crippen LogP contribution in [0.3, 0.4) is 0 Å². The fourth-order valence-corrected chi connectivity index (χ4v) is 5.12. The van der Waals surface area contributed by atoms with E-state index in [1.807, 2.05) is 45.0 Å². The summed E-state index contributed by atoms with van der Waals surface area (Å²) in [5.41, 5.74) is 0.150. The molecule has 0 saturated carbocycles. The molecule has 1 aromatic heterocycles. The molecule has 2 fully saturated rings. The molecule has 2 saturated heterocycles. The van der Waals surface area contributed by atoms with Crippen LogP contribution in [0.5, 0.6) is 0 Å². The lowest BCUT2D eigenvalue weighted by Crippen LogP contribution is -2.45. The Bertz CT molecular complexity index is 1370. The summed E-state index contributed by atoms with van der Waals surface area (Å²) in [5, 5.41) is 8.43. The number of anilines is 1. The van der Waals surface area contributed by atoms with Gasteiger partial charge in [0.2, 0.25) is 0 Å². The standard InChI is InChI=1S/C31H45N7O6/c1-30(2,3)43-28(41)32-22-11-15-36(16-12-22)19-21-7-9-24(10-8-21)38-18-14-25(35-27(38)40)34-26(39)37-17-13-23(20-37)33-29(42)44-31(4,5)6/h7-10,14,18,22-23H,11-13,15-17,19-20H2,1-6H3,(H,32,41)(H,33,42)(H,34,35,39,40)/t23-/m1/s1. The van der Waals surface area contributed by atoms with Crippen LogP contribution in [0.4, 0.5) is 20.2 Å². The average molecular weight is 612 g/mol. The molecule has 1 aromatic carbocycles. The van der Waals surface area contributed by atoms with Crippen molar-refractivity contribution in [3.8, 4) is 5.69 Å². The third kappa shape index (κ3) is 9.97. The largest absolute Gasteiger partial charge is 0.444 e. The Balaban J connectivity index is 1.24. The molecule has 0 bridgehead atoms. The van der Waals surface area contributed by atoms with Gasteiger partial charge < -0.3 is 25.0 Å². The van der Waals surface area contributed by atoms with Crippen LogP contribution in [0.25, 0.3) is 5.69 Å². The van der Waals surface area contributed by atoms with Gasteiger partial charge in [0, 0.05) is 45.0 Å². The number of aromatic nitrogens is 2. The SMILES string of the molecule is CC(C)(C)OC(=O)NC1CCN(Cc2ccc(-n3ccc(NC(=O)N4CC[C@@H](NC(=O)OC(C)(C)C)C4)nc3=O)cc2)CC1. The molecule has 0 spiro atoms. The number of benzene rings is 1. The monoisotopic (exact) mass is 611 g/mol. The van der Waals surface area contributed by atoms with Crippen molar-refractivity contribution in [2.75, 3.05) is 31.5 Å². The van der Waals surface area contributed by atoms with Crippen molar-refractivity contribution < 1.29 is 23.9 Å². The van der Waals surface area contributed by atoms with Gasteiger partial charge in [0.1, 0.15) is 17.0 Å². The number of alkyl carbamates (subject to hydrolysis) is 2. The number of nitrogens with zero attached hydrogens (tertiary/aromatic N) is 4. The lowest BCUT2D eigenvalue weighted by atomic mass is 10.0. The van der Waals surface area contributed by atoms with E-state index >= 15 is 0 Å². The molecule has 2 aliphatic rings. The molecule has 44 heavy (non-hydrogen) atoms. The maximum Gasteiger partial charge on any atom is 0.407 e. The Morgan fingerprint density at radius 3 is 1.98 bits per heavy atom. The molecule has 3 heterocycles. The number of piperidine rings is 1. The molecule has 1 atom stereocenters. The summed E-state index contributed by atoms with van der Waals surface area (Å²) < 4.78 is 12.1. The number of likely N-dealkylation sites (tertiary alicyclic amines) is 2. The highest BCUT2D eigenvalue weighted by Crippen LogP contribution is 2.17. The summed E-state index contributed by atoms with van der Waals surface area (Å²) >= 11 is 0. The predicted molar refractivity (Wildman–Crippen MR) is 166 cm³/mol. The lowest BCUT2D eigenvalue weighted by Gasteiger charge is -2.32. The third-order valence-corrected chi connectivity index (χ3v) is 7.16. The van der Waals surface area contributed by atoms with Crippen LogP contribution in [-0.2, 0) is 16.0 Å². The molecular weight excluding hydrogens is 566 g/mol. The molecule has 3 N–H and O–H groups in total. The maximum absolute atomic E-state index is 12.8.